The first kappa shape index (κ1) is 15.8. The fourth-order valence-electron chi connectivity index (χ4n) is 4.10. The van der Waals surface area contributed by atoms with E-state index in [0.717, 1.165) is 45.6 Å². The van der Waals surface area contributed by atoms with Crippen molar-refractivity contribution < 1.29 is 9.53 Å². The smallest absolute Gasteiger partial charge is 0.226 e. The molecular weight excluding hydrogens is 302 g/mol. The molecule has 0 radical (unpaired) electrons. The highest BCUT2D eigenvalue weighted by molar-refractivity contribution is 5.79. The second-order valence-electron chi connectivity index (χ2n) is 7.23. The first-order chi connectivity index (χ1) is 11.8. The molecule has 5 nitrogen and oxygen atoms in total. The Morgan fingerprint density at radius 3 is 2.71 bits per heavy atom. The molecule has 24 heavy (non-hydrogen) atoms. The molecule has 2 bridgehead atoms. The van der Waals surface area contributed by atoms with Gasteiger partial charge in [0, 0.05) is 50.4 Å². The van der Waals surface area contributed by atoms with Gasteiger partial charge in [0.05, 0.1) is 19.3 Å². The average molecular weight is 327 g/mol. The molecule has 3 heterocycles. The lowest BCUT2D eigenvalue weighted by Crippen LogP contribution is -2.47. The summed E-state index contributed by atoms with van der Waals surface area (Å²) in [6.07, 6.45) is 9.78. The van der Waals surface area contributed by atoms with Crippen LogP contribution < -0.4 is 0 Å². The van der Waals surface area contributed by atoms with Crippen molar-refractivity contribution >= 4 is 5.91 Å². The van der Waals surface area contributed by atoms with Gasteiger partial charge < -0.3 is 9.64 Å². The van der Waals surface area contributed by atoms with Crippen molar-refractivity contribution in [2.75, 3.05) is 32.8 Å². The summed E-state index contributed by atoms with van der Waals surface area (Å²) in [4.78, 5) is 21.6. The van der Waals surface area contributed by atoms with Crippen molar-refractivity contribution in [3.63, 3.8) is 0 Å². The van der Waals surface area contributed by atoms with Crippen molar-refractivity contribution in [1.82, 2.24) is 14.8 Å². The van der Waals surface area contributed by atoms with E-state index in [4.69, 9.17) is 4.74 Å². The van der Waals surface area contributed by atoms with Gasteiger partial charge >= 0.3 is 0 Å². The van der Waals surface area contributed by atoms with E-state index < -0.39 is 0 Å². The van der Waals surface area contributed by atoms with Crippen LogP contribution >= 0.6 is 0 Å². The summed E-state index contributed by atoms with van der Waals surface area (Å²) < 4.78 is 5.88. The molecule has 2 fully saturated rings. The maximum Gasteiger partial charge on any atom is 0.226 e. The lowest BCUT2D eigenvalue weighted by molar-refractivity contribution is -0.137. The van der Waals surface area contributed by atoms with Crippen LogP contribution in [0.2, 0.25) is 0 Å². The highest BCUT2D eigenvalue weighted by Gasteiger charge is 2.36. The Hall–Kier alpha value is -1.72. The summed E-state index contributed by atoms with van der Waals surface area (Å²) in [6.45, 7) is 5.00. The van der Waals surface area contributed by atoms with Crippen LogP contribution in [0.15, 0.2) is 36.7 Å². The number of rotatable bonds is 3. The third-order valence-electron chi connectivity index (χ3n) is 5.39. The lowest BCUT2D eigenvalue weighted by atomic mass is 10.0. The van der Waals surface area contributed by atoms with E-state index in [-0.39, 0.29) is 12.0 Å². The summed E-state index contributed by atoms with van der Waals surface area (Å²) in [5.41, 5.74) is 1.27. The zero-order valence-corrected chi connectivity index (χ0v) is 14.0. The SMILES string of the molecule is O=C(C1CC=CC1)N1C[C@@H]2COC[C@H](C1)N(Cc1ccncc1)C2. The van der Waals surface area contributed by atoms with Gasteiger partial charge in [-0.1, -0.05) is 12.2 Å². The standard InChI is InChI=1S/C19H25N3O2/c23-19(17-3-1-2-4-17)22-11-16-10-21(18(12-22)14-24-13-16)9-15-5-7-20-8-6-15/h1-2,5-8,16-18H,3-4,9-14H2/t16-,18+/m1/s1. The summed E-state index contributed by atoms with van der Waals surface area (Å²) >= 11 is 0. The number of carbonyl (C=O) groups is 1. The summed E-state index contributed by atoms with van der Waals surface area (Å²) in [5, 5.41) is 0. The molecule has 0 unspecified atom stereocenters. The van der Waals surface area contributed by atoms with Gasteiger partial charge in [-0.05, 0) is 30.5 Å². The van der Waals surface area contributed by atoms with E-state index in [9.17, 15) is 4.79 Å². The fraction of sp³-hybridized carbons (Fsp3) is 0.579. The van der Waals surface area contributed by atoms with E-state index in [0.29, 0.717) is 18.4 Å². The largest absolute Gasteiger partial charge is 0.379 e. The molecule has 3 aliphatic rings. The Labute approximate surface area is 143 Å². The second-order valence-corrected chi connectivity index (χ2v) is 7.23. The molecule has 4 rings (SSSR count). The molecule has 1 amide bonds. The number of carbonyl (C=O) groups excluding carboxylic acids is 1. The molecule has 1 aliphatic carbocycles. The van der Waals surface area contributed by atoms with E-state index >= 15 is 0 Å². The Morgan fingerprint density at radius 2 is 1.92 bits per heavy atom. The molecule has 2 saturated heterocycles. The van der Waals surface area contributed by atoms with Crippen LogP contribution in [0.5, 0.6) is 0 Å². The summed E-state index contributed by atoms with van der Waals surface area (Å²) in [5.74, 6) is 0.902. The first-order valence-corrected chi connectivity index (χ1v) is 8.94. The number of ether oxygens (including phenoxy) is 1. The Balaban J connectivity index is 1.48. The van der Waals surface area contributed by atoms with Gasteiger partial charge in [-0.2, -0.15) is 0 Å². The van der Waals surface area contributed by atoms with Gasteiger partial charge in [0.15, 0.2) is 0 Å². The number of aromatic nitrogens is 1. The highest BCUT2D eigenvalue weighted by atomic mass is 16.5. The number of amides is 1. The Kier molecular flexibility index (Phi) is 4.63. The quantitative estimate of drug-likeness (QED) is 0.793. The maximum atomic E-state index is 12.9. The molecule has 0 spiro atoms. The molecule has 5 heteroatoms. The molecule has 0 N–H and O–H groups in total. The number of allylic oxidation sites excluding steroid dienone is 2. The highest BCUT2D eigenvalue weighted by Crippen LogP contribution is 2.26. The number of hydrogen-bond donors (Lipinski definition) is 0. The van der Waals surface area contributed by atoms with Gasteiger partial charge in [0.2, 0.25) is 5.91 Å². The maximum absolute atomic E-state index is 12.9. The molecule has 0 aromatic carbocycles. The van der Waals surface area contributed by atoms with Crippen LogP contribution in [-0.2, 0) is 16.1 Å². The van der Waals surface area contributed by atoms with E-state index in [1.54, 1.807) is 0 Å². The normalized spacial score (nSPS) is 28.1. The summed E-state index contributed by atoms with van der Waals surface area (Å²) in [7, 11) is 0. The Morgan fingerprint density at radius 1 is 1.12 bits per heavy atom. The van der Waals surface area contributed by atoms with Crippen molar-refractivity contribution in [3.05, 3.63) is 42.2 Å². The van der Waals surface area contributed by atoms with Gasteiger partial charge in [0.1, 0.15) is 0 Å². The lowest BCUT2D eigenvalue weighted by Gasteiger charge is -2.32. The minimum Gasteiger partial charge on any atom is -0.379 e. The number of hydrogen-bond acceptors (Lipinski definition) is 4. The predicted molar refractivity (Wildman–Crippen MR) is 91.2 cm³/mol. The summed E-state index contributed by atoms with van der Waals surface area (Å²) in [6, 6.07) is 4.43. The van der Waals surface area contributed by atoms with Crippen LogP contribution in [0.4, 0.5) is 0 Å². The topological polar surface area (TPSA) is 45.7 Å². The zero-order valence-electron chi connectivity index (χ0n) is 14.0. The van der Waals surface area contributed by atoms with Crippen LogP contribution in [0.1, 0.15) is 18.4 Å². The monoisotopic (exact) mass is 327 g/mol. The molecule has 128 valence electrons. The van der Waals surface area contributed by atoms with Crippen molar-refractivity contribution in [2.24, 2.45) is 11.8 Å². The number of nitrogens with zero attached hydrogens (tertiary/aromatic N) is 3. The van der Waals surface area contributed by atoms with E-state index in [1.165, 1.54) is 5.56 Å². The Bertz CT molecular complexity index is 596. The third kappa shape index (κ3) is 3.37. The van der Waals surface area contributed by atoms with Crippen LogP contribution in [0, 0.1) is 11.8 Å². The van der Waals surface area contributed by atoms with E-state index in [2.05, 4.69) is 39.1 Å². The van der Waals surface area contributed by atoms with Gasteiger partial charge in [-0.15, -0.1) is 0 Å². The molecule has 1 aromatic heterocycles. The molecule has 0 saturated carbocycles. The molecule has 1 aromatic rings. The van der Waals surface area contributed by atoms with Crippen molar-refractivity contribution in [3.8, 4) is 0 Å². The van der Waals surface area contributed by atoms with Crippen molar-refractivity contribution in [1.29, 1.82) is 0 Å². The zero-order chi connectivity index (χ0) is 16.4. The van der Waals surface area contributed by atoms with Crippen LogP contribution in [-0.4, -0.2) is 59.6 Å². The average Bonchev–Trinajstić information content (AvgIpc) is 2.99. The second kappa shape index (κ2) is 7.03. The van der Waals surface area contributed by atoms with E-state index in [1.807, 2.05) is 12.4 Å². The number of pyridine rings is 1. The third-order valence-corrected chi connectivity index (χ3v) is 5.39. The molecular formula is C19H25N3O2. The van der Waals surface area contributed by atoms with Gasteiger partial charge in [0.25, 0.3) is 0 Å². The van der Waals surface area contributed by atoms with Crippen molar-refractivity contribution in [2.45, 2.75) is 25.4 Å². The predicted octanol–water partition coefficient (Wildman–Crippen LogP) is 1.71. The molecule has 2 atom stereocenters. The fourth-order valence-corrected chi connectivity index (χ4v) is 4.10. The van der Waals surface area contributed by atoms with Gasteiger partial charge in [-0.25, -0.2) is 0 Å². The first-order valence-electron chi connectivity index (χ1n) is 8.94. The minimum absolute atomic E-state index is 0.165. The van der Waals surface area contributed by atoms with Gasteiger partial charge in [-0.3, -0.25) is 14.7 Å². The molecule has 2 aliphatic heterocycles. The minimum atomic E-state index is 0.165. The van der Waals surface area contributed by atoms with Crippen LogP contribution in [0.25, 0.3) is 0 Å². The van der Waals surface area contributed by atoms with Crippen LogP contribution in [0.3, 0.4) is 0 Å². The number of fused-ring (bicyclic) bond motifs is 3.